The molecule has 0 aliphatic carbocycles. The van der Waals surface area contributed by atoms with Crippen molar-refractivity contribution < 1.29 is 9.59 Å². The summed E-state index contributed by atoms with van der Waals surface area (Å²) >= 11 is 0. The van der Waals surface area contributed by atoms with Gasteiger partial charge in [-0.25, -0.2) is 0 Å². The zero-order chi connectivity index (χ0) is 12.7. The lowest BCUT2D eigenvalue weighted by Crippen LogP contribution is -2.41. The number of benzene rings is 1. The topological polar surface area (TPSA) is 58.2 Å². The van der Waals surface area contributed by atoms with Crippen molar-refractivity contribution in [3.05, 3.63) is 35.4 Å². The number of unbranched alkanes of at least 4 members (excludes halogenated alkanes) is 1. The maximum absolute atomic E-state index is 11.6. The van der Waals surface area contributed by atoms with E-state index in [4.69, 9.17) is 0 Å². The first kappa shape index (κ1) is 13.2. The molecule has 0 spiro atoms. The van der Waals surface area contributed by atoms with Gasteiger partial charge >= 0.3 is 0 Å². The lowest BCUT2D eigenvalue weighted by molar-refractivity contribution is -0.121. The first-order valence-corrected chi connectivity index (χ1v) is 5.79. The molecule has 0 radical (unpaired) electrons. The highest BCUT2D eigenvalue weighted by atomic mass is 16.2. The van der Waals surface area contributed by atoms with E-state index in [0.717, 1.165) is 18.4 Å². The zero-order valence-electron chi connectivity index (χ0n) is 10.2. The number of carbonyl (C=O) groups is 2. The molecule has 0 atom stereocenters. The van der Waals surface area contributed by atoms with E-state index in [-0.39, 0.29) is 11.8 Å². The summed E-state index contributed by atoms with van der Waals surface area (Å²) in [5.41, 5.74) is 6.34. The molecule has 92 valence electrons. The van der Waals surface area contributed by atoms with Crippen LogP contribution in [0.25, 0.3) is 0 Å². The number of hydrogen-bond acceptors (Lipinski definition) is 2. The second kappa shape index (κ2) is 6.68. The second-order valence-electron chi connectivity index (χ2n) is 3.98. The Labute approximate surface area is 101 Å². The van der Waals surface area contributed by atoms with E-state index in [1.54, 1.807) is 12.1 Å². The van der Waals surface area contributed by atoms with Crippen molar-refractivity contribution in [3.8, 4) is 0 Å². The van der Waals surface area contributed by atoms with Crippen molar-refractivity contribution >= 4 is 11.8 Å². The molecule has 1 rings (SSSR count). The van der Waals surface area contributed by atoms with Crippen molar-refractivity contribution in [3.63, 3.8) is 0 Å². The molecule has 0 aliphatic rings. The average Bonchev–Trinajstić information content (AvgIpc) is 2.33. The molecule has 0 fully saturated rings. The number of hydrazine groups is 1. The molecule has 0 unspecified atom stereocenters. The first-order valence-electron chi connectivity index (χ1n) is 5.79. The summed E-state index contributed by atoms with van der Waals surface area (Å²) in [6, 6.07) is 7.20. The summed E-state index contributed by atoms with van der Waals surface area (Å²) < 4.78 is 0. The largest absolute Gasteiger partial charge is 0.273 e. The third-order valence-corrected chi connectivity index (χ3v) is 2.35. The van der Waals surface area contributed by atoms with Gasteiger partial charge in [-0.15, -0.1) is 0 Å². The maximum Gasteiger partial charge on any atom is 0.269 e. The lowest BCUT2D eigenvalue weighted by atomic mass is 10.1. The van der Waals surface area contributed by atoms with Gasteiger partial charge in [0.25, 0.3) is 5.91 Å². The number of aryl methyl sites for hydroxylation is 1. The molecule has 0 aromatic heterocycles. The standard InChI is InChI=1S/C13H18N2O2/c1-3-4-8-12(16)14-15-13(17)11-7-5-6-10(2)9-11/h5-7,9H,3-4,8H2,1-2H3,(H,14,16)(H,15,17). The van der Waals surface area contributed by atoms with Crippen LogP contribution < -0.4 is 10.9 Å². The second-order valence-corrected chi connectivity index (χ2v) is 3.98. The first-order chi connectivity index (χ1) is 8.13. The Morgan fingerprint density at radius 1 is 1.24 bits per heavy atom. The SMILES string of the molecule is CCCCC(=O)NNC(=O)c1cccc(C)c1. The highest BCUT2D eigenvalue weighted by Crippen LogP contribution is 2.03. The van der Waals surface area contributed by atoms with E-state index < -0.39 is 0 Å². The number of nitrogens with one attached hydrogen (secondary N) is 2. The minimum atomic E-state index is -0.293. The van der Waals surface area contributed by atoms with Gasteiger partial charge in [-0.05, 0) is 25.5 Å². The van der Waals surface area contributed by atoms with Gasteiger partial charge in [-0.2, -0.15) is 0 Å². The Balaban J connectivity index is 2.42. The van der Waals surface area contributed by atoms with Crippen LogP contribution >= 0.6 is 0 Å². The van der Waals surface area contributed by atoms with Crippen LogP contribution in [0.15, 0.2) is 24.3 Å². The van der Waals surface area contributed by atoms with E-state index in [1.807, 2.05) is 26.0 Å². The van der Waals surface area contributed by atoms with E-state index in [2.05, 4.69) is 10.9 Å². The van der Waals surface area contributed by atoms with E-state index in [0.29, 0.717) is 12.0 Å². The molecule has 0 bridgehead atoms. The molecule has 0 aliphatic heterocycles. The highest BCUT2D eigenvalue weighted by Gasteiger charge is 2.06. The van der Waals surface area contributed by atoms with Crippen molar-refractivity contribution in [1.29, 1.82) is 0 Å². The van der Waals surface area contributed by atoms with E-state index >= 15 is 0 Å². The number of hydrogen-bond donors (Lipinski definition) is 2. The monoisotopic (exact) mass is 234 g/mol. The predicted octanol–water partition coefficient (Wildman–Crippen LogP) is 1.95. The molecule has 2 amide bonds. The van der Waals surface area contributed by atoms with Crippen molar-refractivity contribution in [2.24, 2.45) is 0 Å². The van der Waals surface area contributed by atoms with Gasteiger partial charge < -0.3 is 0 Å². The van der Waals surface area contributed by atoms with Gasteiger partial charge in [0, 0.05) is 12.0 Å². The van der Waals surface area contributed by atoms with Crippen LogP contribution in [0.2, 0.25) is 0 Å². The van der Waals surface area contributed by atoms with Crippen molar-refractivity contribution in [1.82, 2.24) is 10.9 Å². The van der Waals surface area contributed by atoms with Gasteiger partial charge in [-0.3, -0.25) is 20.4 Å². The fourth-order valence-electron chi connectivity index (χ4n) is 1.38. The van der Waals surface area contributed by atoms with E-state index in [9.17, 15) is 9.59 Å². The van der Waals surface area contributed by atoms with Crippen LogP contribution in [0.4, 0.5) is 0 Å². The number of rotatable bonds is 4. The minimum absolute atomic E-state index is 0.159. The summed E-state index contributed by atoms with van der Waals surface area (Å²) in [6.45, 7) is 3.93. The van der Waals surface area contributed by atoms with Crippen LogP contribution in [0.3, 0.4) is 0 Å². The quantitative estimate of drug-likeness (QED) is 0.782. The van der Waals surface area contributed by atoms with Crippen LogP contribution in [0.5, 0.6) is 0 Å². The number of carbonyl (C=O) groups excluding carboxylic acids is 2. The molecule has 4 nitrogen and oxygen atoms in total. The van der Waals surface area contributed by atoms with E-state index in [1.165, 1.54) is 0 Å². The highest BCUT2D eigenvalue weighted by molar-refractivity contribution is 5.95. The van der Waals surface area contributed by atoms with Gasteiger partial charge in [-0.1, -0.05) is 31.0 Å². The third kappa shape index (κ3) is 4.68. The zero-order valence-corrected chi connectivity index (χ0v) is 10.2. The Morgan fingerprint density at radius 3 is 2.65 bits per heavy atom. The Bertz CT molecular complexity index is 402. The van der Waals surface area contributed by atoms with Crippen LogP contribution in [0.1, 0.15) is 42.1 Å². The molecule has 0 saturated carbocycles. The third-order valence-electron chi connectivity index (χ3n) is 2.35. The average molecular weight is 234 g/mol. The molecule has 0 heterocycles. The molecule has 1 aromatic carbocycles. The molecule has 2 N–H and O–H groups in total. The van der Waals surface area contributed by atoms with Gasteiger partial charge in [0.2, 0.25) is 5.91 Å². The van der Waals surface area contributed by atoms with Crippen LogP contribution in [-0.4, -0.2) is 11.8 Å². The normalized spacial score (nSPS) is 9.76. The Morgan fingerprint density at radius 2 is 2.00 bits per heavy atom. The summed E-state index contributed by atoms with van der Waals surface area (Å²) in [6.07, 6.45) is 2.22. The van der Waals surface area contributed by atoms with Crippen LogP contribution in [-0.2, 0) is 4.79 Å². The molecular weight excluding hydrogens is 216 g/mol. The van der Waals surface area contributed by atoms with Gasteiger partial charge in [0.15, 0.2) is 0 Å². The smallest absolute Gasteiger partial charge is 0.269 e. The summed E-state index contributed by atoms with van der Waals surface area (Å²) in [4.78, 5) is 22.9. The molecule has 17 heavy (non-hydrogen) atoms. The minimum Gasteiger partial charge on any atom is -0.273 e. The molecule has 1 aromatic rings. The molecular formula is C13H18N2O2. The molecule has 4 heteroatoms. The summed E-state index contributed by atoms with van der Waals surface area (Å²) in [7, 11) is 0. The number of amides is 2. The Kier molecular flexibility index (Phi) is 5.20. The maximum atomic E-state index is 11.6. The summed E-state index contributed by atoms with van der Waals surface area (Å²) in [5, 5.41) is 0. The van der Waals surface area contributed by atoms with Crippen molar-refractivity contribution in [2.75, 3.05) is 0 Å². The fraction of sp³-hybridized carbons (Fsp3) is 0.385. The van der Waals surface area contributed by atoms with Crippen LogP contribution in [0, 0.1) is 6.92 Å². The molecule has 0 saturated heterocycles. The predicted molar refractivity (Wildman–Crippen MR) is 66.3 cm³/mol. The van der Waals surface area contributed by atoms with Gasteiger partial charge in [0.1, 0.15) is 0 Å². The van der Waals surface area contributed by atoms with Gasteiger partial charge in [0.05, 0.1) is 0 Å². The Hall–Kier alpha value is -1.84. The lowest BCUT2D eigenvalue weighted by Gasteiger charge is -2.07. The summed E-state index contributed by atoms with van der Waals surface area (Å²) in [5.74, 6) is -0.452. The van der Waals surface area contributed by atoms with Crippen molar-refractivity contribution in [2.45, 2.75) is 33.1 Å². The fourth-order valence-corrected chi connectivity index (χ4v) is 1.38.